The molecule has 2 heterocycles. The number of aliphatic hydroxyl groups is 1. The standard InChI is InChI=1S/C14H17NOS/c16-12-5-7-15(8-6-12)10-13-9-11-3-1-2-4-14(11)17-13/h1-4,9,12,16H,5-8,10H2. The highest BCUT2D eigenvalue weighted by Gasteiger charge is 2.17. The largest absolute Gasteiger partial charge is 0.393 e. The third kappa shape index (κ3) is 2.51. The van der Waals surface area contributed by atoms with Gasteiger partial charge in [0.1, 0.15) is 0 Å². The van der Waals surface area contributed by atoms with Gasteiger partial charge in [-0.3, -0.25) is 4.90 Å². The molecular formula is C14H17NOS. The highest BCUT2D eigenvalue weighted by molar-refractivity contribution is 7.19. The van der Waals surface area contributed by atoms with Gasteiger partial charge in [0.2, 0.25) is 0 Å². The van der Waals surface area contributed by atoms with Crippen LogP contribution in [0.4, 0.5) is 0 Å². The fraction of sp³-hybridized carbons (Fsp3) is 0.429. The summed E-state index contributed by atoms with van der Waals surface area (Å²) in [6, 6.07) is 10.8. The fourth-order valence-corrected chi connectivity index (χ4v) is 3.52. The number of hydrogen-bond acceptors (Lipinski definition) is 3. The molecule has 1 aliphatic heterocycles. The lowest BCUT2D eigenvalue weighted by molar-refractivity contribution is 0.0797. The van der Waals surface area contributed by atoms with Crippen LogP contribution in [-0.4, -0.2) is 29.2 Å². The van der Waals surface area contributed by atoms with Gasteiger partial charge in [0, 0.05) is 29.2 Å². The Morgan fingerprint density at radius 2 is 2.00 bits per heavy atom. The molecule has 0 aliphatic carbocycles. The highest BCUT2D eigenvalue weighted by Crippen LogP contribution is 2.27. The van der Waals surface area contributed by atoms with Crippen molar-refractivity contribution in [2.45, 2.75) is 25.5 Å². The molecule has 1 fully saturated rings. The average Bonchev–Trinajstić information content (AvgIpc) is 2.74. The molecule has 1 aromatic heterocycles. The maximum atomic E-state index is 9.48. The Labute approximate surface area is 105 Å². The van der Waals surface area contributed by atoms with E-state index in [0.717, 1.165) is 32.5 Å². The summed E-state index contributed by atoms with van der Waals surface area (Å²) in [7, 11) is 0. The molecule has 0 spiro atoms. The number of thiophene rings is 1. The summed E-state index contributed by atoms with van der Waals surface area (Å²) in [4.78, 5) is 3.87. The van der Waals surface area contributed by atoms with Gasteiger partial charge in [0.05, 0.1) is 6.10 Å². The van der Waals surface area contributed by atoms with Gasteiger partial charge in [0.25, 0.3) is 0 Å². The molecule has 0 atom stereocenters. The summed E-state index contributed by atoms with van der Waals surface area (Å²) < 4.78 is 1.37. The summed E-state index contributed by atoms with van der Waals surface area (Å²) in [6.45, 7) is 3.08. The van der Waals surface area contributed by atoms with E-state index in [1.807, 2.05) is 11.3 Å². The van der Waals surface area contributed by atoms with Crippen LogP contribution < -0.4 is 0 Å². The zero-order chi connectivity index (χ0) is 11.7. The van der Waals surface area contributed by atoms with Crippen LogP contribution in [0.1, 0.15) is 17.7 Å². The third-order valence-corrected chi connectivity index (χ3v) is 4.51. The van der Waals surface area contributed by atoms with Crippen molar-refractivity contribution in [2.75, 3.05) is 13.1 Å². The average molecular weight is 247 g/mol. The quantitative estimate of drug-likeness (QED) is 0.882. The molecule has 0 saturated carbocycles. The van der Waals surface area contributed by atoms with E-state index in [0.29, 0.717) is 0 Å². The number of hydrogen-bond donors (Lipinski definition) is 1. The molecule has 1 N–H and O–H groups in total. The predicted octanol–water partition coefficient (Wildman–Crippen LogP) is 2.86. The second-order valence-corrected chi connectivity index (χ2v) is 5.93. The van der Waals surface area contributed by atoms with Gasteiger partial charge in [-0.15, -0.1) is 11.3 Å². The summed E-state index contributed by atoms with van der Waals surface area (Å²) >= 11 is 1.89. The zero-order valence-electron chi connectivity index (χ0n) is 9.80. The lowest BCUT2D eigenvalue weighted by Crippen LogP contribution is -2.35. The van der Waals surface area contributed by atoms with Crippen molar-refractivity contribution in [2.24, 2.45) is 0 Å². The van der Waals surface area contributed by atoms with Crippen LogP contribution in [0, 0.1) is 0 Å². The minimum Gasteiger partial charge on any atom is -0.393 e. The number of nitrogens with zero attached hydrogens (tertiary/aromatic N) is 1. The summed E-state index contributed by atoms with van der Waals surface area (Å²) in [5, 5.41) is 10.8. The Balaban J connectivity index is 1.72. The summed E-state index contributed by atoms with van der Waals surface area (Å²) in [5.74, 6) is 0. The predicted molar refractivity (Wildman–Crippen MR) is 72.3 cm³/mol. The molecule has 0 radical (unpaired) electrons. The van der Waals surface area contributed by atoms with E-state index in [2.05, 4.69) is 35.2 Å². The van der Waals surface area contributed by atoms with Crippen LogP contribution in [0.2, 0.25) is 0 Å². The SMILES string of the molecule is OC1CCN(Cc2cc3ccccc3s2)CC1. The van der Waals surface area contributed by atoms with Crippen molar-refractivity contribution in [1.82, 2.24) is 4.90 Å². The van der Waals surface area contributed by atoms with Crippen molar-refractivity contribution in [3.8, 4) is 0 Å². The van der Waals surface area contributed by atoms with E-state index in [9.17, 15) is 5.11 Å². The number of benzene rings is 1. The first-order chi connectivity index (χ1) is 8.31. The second kappa shape index (κ2) is 4.77. The van der Waals surface area contributed by atoms with Crippen LogP contribution in [-0.2, 0) is 6.54 Å². The number of piperidine rings is 1. The van der Waals surface area contributed by atoms with Gasteiger partial charge in [-0.1, -0.05) is 18.2 Å². The van der Waals surface area contributed by atoms with Gasteiger partial charge in [-0.2, -0.15) is 0 Å². The molecule has 3 heteroatoms. The number of fused-ring (bicyclic) bond motifs is 1. The maximum Gasteiger partial charge on any atom is 0.0564 e. The minimum atomic E-state index is -0.0753. The Morgan fingerprint density at radius 3 is 2.76 bits per heavy atom. The molecule has 17 heavy (non-hydrogen) atoms. The van der Waals surface area contributed by atoms with Crippen LogP contribution in [0.5, 0.6) is 0 Å². The Morgan fingerprint density at radius 1 is 1.24 bits per heavy atom. The smallest absolute Gasteiger partial charge is 0.0564 e. The van der Waals surface area contributed by atoms with E-state index in [4.69, 9.17) is 0 Å². The first-order valence-electron chi connectivity index (χ1n) is 6.19. The van der Waals surface area contributed by atoms with Crippen LogP contribution in [0.25, 0.3) is 10.1 Å². The van der Waals surface area contributed by atoms with Crippen molar-refractivity contribution in [1.29, 1.82) is 0 Å². The second-order valence-electron chi connectivity index (χ2n) is 4.76. The van der Waals surface area contributed by atoms with Gasteiger partial charge < -0.3 is 5.11 Å². The number of rotatable bonds is 2. The molecule has 1 aliphatic rings. The van der Waals surface area contributed by atoms with Crippen LogP contribution >= 0.6 is 11.3 Å². The Kier molecular flexibility index (Phi) is 3.14. The molecule has 90 valence electrons. The molecule has 1 saturated heterocycles. The van der Waals surface area contributed by atoms with Crippen LogP contribution in [0.3, 0.4) is 0 Å². The maximum absolute atomic E-state index is 9.48. The molecule has 1 aromatic carbocycles. The van der Waals surface area contributed by atoms with Crippen molar-refractivity contribution in [3.63, 3.8) is 0 Å². The zero-order valence-corrected chi connectivity index (χ0v) is 10.6. The normalized spacial score (nSPS) is 18.9. The summed E-state index contributed by atoms with van der Waals surface area (Å²) in [6.07, 6.45) is 1.77. The molecule has 3 rings (SSSR count). The lowest BCUT2D eigenvalue weighted by atomic mass is 10.1. The van der Waals surface area contributed by atoms with E-state index in [1.165, 1.54) is 15.0 Å². The molecule has 0 bridgehead atoms. The monoisotopic (exact) mass is 247 g/mol. The van der Waals surface area contributed by atoms with Crippen molar-refractivity contribution in [3.05, 3.63) is 35.2 Å². The minimum absolute atomic E-state index is 0.0753. The topological polar surface area (TPSA) is 23.5 Å². The van der Waals surface area contributed by atoms with Gasteiger partial charge in [0.15, 0.2) is 0 Å². The molecular weight excluding hydrogens is 230 g/mol. The van der Waals surface area contributed by atoms with Crippen molar-refractivity contribution < 1.29 is 5.11 Å². The highest BCUT2D eigenvalue weighted by atomic mass is 32.1. The van der Waals surface area contributed by atoms with E-state index < -0.39 is 0 Å². The first-order valence-corrected chi connectivity index (χ1v) is 7.01. The number of likely N-dealkylation sites (tertiary alicyclic amines) is 1. The Bertz CT molecular complexity index is 467. The third-order valence-electron chi connectivity index (χ3n) is 3.41. The van der Waals surface area contributed by atoms with Gasteiger partial charge in [-0.25, -0.2) is 0 Å². The molecule has 0 amide bonds. The summed E-state index contributed by atoms with van der Waals surface area (Å²) in [5.41, 5.74) is 0. The fourth-order valence-electron chi connectivity index (χ4n) is 2.41. The molecule has 0 unspecified atom stereocenters. The van der Waals surface area contributed by atoms with E-state index >= 15 is 0 Å². The lowest BCUT2D eigenvalue weighted by Gasteiger charge is -2.28. The molecule has 2 nitrogen and oxygen atoms in total. The van der Waals surface area contributed by atoms with Gasteiger partial charge >= 0.3 is 0 Å². The van der Waals surface area contributed by atoms with E-state index in [-0.39, 0.29) is 6.10 Å². The Hall–Kier alpha value is -0.900. The first kappa shape index (κ1) is 11.2. The van der Waals surface area contributed by atoms with Crippen LogP contribution in [0.15, 0.2) is 30.3 Å². The molecule has 2 aromatic rings. The van der Waals surface area contributed by atoms with E-state index in [1.54, 1.807) is 0 Å². The van der Waals surface area contributed by atoms with Crippen molar-refractivity contribution >= 4 is 21.4 Å². The van der Waals surface area contributed by atoms with Gasteiger partial charge in [-0.05, 0) is 30.4 Å². The number of aliphatic hydroxyl groups excluding tert-OH is 1.